The molecule has 23 heavy (non-hydrogen) atoms. The van der Waals surface area contributed by atoms with E-state index >= 15 is 0 Å². The number of nitrogens with zero attached hydrogens (tertiary/aromatic N) is 2. The SMILES string of the molecule is O=C(O)C(Oc1ccccc1)Oc1cnc2ccc(Cl)cc2n1. The molecule has 0 aliphatic rings. The molecule has 3 aromatic rings. The van der Waals surface area contributed by atoms with Gasteiger partial charge in [-0.15, -0.1) is 0 Å². The number of para-hydroxylation sites is 1. The zero-order valence-corrected chi connectivity index (χ0v) is 12.5. The number of carbonyl (C=O) groups is 1. The van der Waals surface area contributed by atoms with Gasteiger partial charge in [-0.3, -0.25) is 0 Å². The van der Waals surface area contributed by atoms with Gasteiger partial charge in [0.15, 0.2) is 0 Å². The van der Waals surface area contributed by atoms with Gasteiger partial charge in [0.05, 0.1) is 17.2 Å². The molecule has 0 bridgehead atoms. The Labute approximate surface area is 136 Å². The highest BCUT2D eigenvalue weighted by molar-refractivity contribution is 6.31. The second-order valence-corrected chi connectivity index (χ2v) is 5.00. The van der Waals surface area contributed by atoms with Crippen molar-refractivity contribution in [3.8, 4) is 11.6 Å². The van der Waals surface area contributed by atoms with Crippen LogP contribution < -0.4 is 9.47 Å². The average Bonchev–Trinajstić information content (AvgIpc) is 2.54. The lowest BCUT2D eigenvalue weighted by Crippen LogP contribution is -2.33. The Hall–Kier alpha value is -2.86. The molecule has 6 nitrogen and oxygen atoms in total. The number of ether oxygens (including phenoxy) is 2. The molecule has 1 atom stereocenters. The molecule has 0 saturated carbocycles. The van der Waals surface area contributed by atoms with Gasteiger partial charge in [-0.2, -0.15) is 0 Å². The van der Waals surface area contributed by atoms with Gasteiger partial charge >= 0.3 is 12.3 Å². The summed E-state index contributed by atoms with van der Waals surface area (Å²) in [7, 11) is 0. The lowest BCUT2D eigenvalue weighted by atomic mass is 10.3. The maximum absolute atomic E-state index is 11.3. The largest absolute Gasteiger partial charge is 0.476 e. The van der Waals surface area contributed by atoms with E-state index in [4.69, 9.17) is 21.1 Å². The van der Waals surface area contributed by atoms with Crippen molar-refractivity contribution in [1.82, 2.24) is 9.97 Å². The first-order valence-corrected chi connectivity index (χ1v) is 7.03. The standard InChI is InChI=1S/C16H11ClN2O4/c17-10-6-7-12-13(8-10)19-14(9-18-12)23-16(15(20)21)22-11-4-2-1-3-5-11/h1-9,16H,(H,20,21). The molecule has 0 amide bonds. The van der Waals surface area contributed by atoms with Gasteiger partial charge in [-0.1, -0.05) is 29.8 Å². The molecular formula is C16H11ClN2O4. The molecule has 1 heterocycles. The number of halogens is 1. The lowest BCUT2D eigenvalue weighted by molar-refractivity contribution is -0.158. The van der Waals surface area contributed by atoms with E-state index in [0.29, 0.717) is 21.8 Å². The summed E-state index contributed by atoms with van der Waals surface area (Å²) in [6.07, 6.45) is -0.205. The van der Waals surface area contributed by atoms with Crippen LogP contribution in [0.25, 0.3) is 11.0 Å². The Morgan fingerprint density at radius 1 is 1.09 bits per heavy atom. The summed E-state index contributed by atoms with van der Waals surface area (Å²) in [5, 5.41) is 9.73. The third-order valence-electron chi connectivity index (χ3n) is 2.90. The third-order valence-corrected chi connectivity index (χ3v) is 3.13. The fourth-order valence-corrected chi connectivity index (χ4v) is 2.05. The van der Waals surface area contributed by atoms with Crippen molar-refractivity contribution >= 4 is 28.6 Å². The third kappa shape index (κ3) is 3.67. The number of carboxylic acids is 1. The number of aliphatic carboxylic acids is 1. The summed E-state index contributed by atoms with van der Waals surface area (Å²) in [4.78, 5) is 19.6. The molecule has 1 aromatic heterocycles. The fraction of sp³-hybridized carbons (Fsp3) is 0.0625. The normalized spacial score (nSPS) is 11.9. The zero-order valence-electron chi connectivity index (χ0n) is 11.7. The van der Waals surface area contributed by atoms with Crippen molar-refractivity contribution in [3.05, 3.63) is 59.8 Å². The van der Waals surface area contributed by atoms with Gasteiger partial charge in [0.1, 0.15) is 5.75 Å². The minimum absolute atomic E-state index is 0.0306. The summed E-state index contributed by atoms with van der Waals surface area (Å²) >= 11 is 5.91. The van der Waals surface area contributed by atoms with Crippen molar-refractivity contribution in [2.75, 3.05) is 0 Å². The van der Waals surface area contributed by atoms with Crippen LogP contribution in [0.5, 0.6) is 11.6 Å². The lowest BCUT2D eigenvalue weighted by Gasteiger charge is -2.16. The molecule has 116 valence electrons. The molecule has 1 N–H and O–H groups in total. The van der Waals surface area contributed by atoms with Crippen molar-refractivity contribution in [2.24, 2.45) is 0 Å². The minimum Gasteiger partial charge on any atom is -0.476 e. The fourth-order valence-electron chi connectivity index (χ4n) is 1.88. The van der Waals surface area contributed by atoms with E-state index in [1.165, 1.54) is 6.20 Å². The molecule has 0 fully saturated rings. The number of carboxylic acid groups (broad SMARTS) is 1. The quantitative estimate of drug-likeness (QED) is 0.724. The molecule has 0 aliphatic carbocycles. The van der Waals surface area contributed by atoms with Crippen LogP contribution in [0.2, 0.25) is 5.02 Å². The first-order valence-electron chi connectivity index (χ1n) is 6.65. The van der Waals surface area contributed by atoms with Gasteiger partial charge in [0.2, 0.25) is 5.88 Å². The smallest absolute Gasteiger partial charge is 0.387 e. The topological polar surface area (TPSA) is 81.5 Å². The molecular weight excluding hydrogens is 320 g/mol. The monoisotopic (exact) mass is 330 g/mol. The zero-order chi connectivity index (χ0) is 16.2. The highest BCUT2D eigenvalue weighted by Crippen LogP contribution is 2.20. The van der Waals surface area contributed by atoms with Crippen LogP contribution in [0.3, 0.4) is 0 Å². The molecule has 0 aliphatic heterocycles. The highest BCUT2D eigenvalue weighted by atomic mass is 35.5. The summed E-state index contributed by atoms with van der Waals surface area (Å²) in [6.45, 7) is 0. The summed E-state index contributed by atoms with van der Waals surface area (Å²) in [5.74, 6) is -0.873. The second-order valence-electron chi connectivity index (χ2n) is 4.56. The number of aromatic nitrogens is 2. The summed E-state index contributed by atoms with van der Waals surface area (Å²) < 4.78 is 10.6. The van der Waals surface area contributed by atoms with E-state index < -0.39 is 12.3 Å². The number of rotatable bonds is 5. The maximum Gasteiger partial charge on any atom is 0.387 e. The predicted octanol–water partition coefficient (Wildman–Crippen LogP) is 3.15. The number of hydrogen-bond acceptors (Lipinski definition) is 5. The van der Waals surface area contributed by atoms with Crippen LogP contribution in [0.15, 0.2) is 54.7 Å². The van der Waals surface area contributed by atoms with Crippen molar-refractivity contribution in [1.29, 1.82) is 0 Å². The van der Waals surface area contributed by atoms with E-state index in [-0.39, 0.29) is 5.88 Å². The second kappa shape index (κ2) is 6.50. The Morgan fingerprint density at radius 2 is 1.87 bits per heavy atom. The first kappa shape index (κ1) is 15.1. The van der Waals surface area contributed by atoms with Gasteiger partial charge < -0.3 is 14.6 Å². The number of benzene rings is 2. The minimum atomic E-state index is -1.54. The van der Waals surface area contributed by atoms with E-state index in [0.717, 1.165) is 0 Å². The Balaban J connectivity index is 1.83. The summed E-state index contributed by atoms with van der Waals surface area (Å²) in [6, 6.07) is 13.5. The van der Waals surface area contributed by atoms with Crippen molar-refractivity contribution in [3.63, 3.8) is 0 Å². The van der Waals surface area contributed by atoms with Crippen LogP contribution in [0.1, 0.15) is 0 Å². The van der Waals surface area contributed by atoms with E-state index in [1.54, 1.807) is 48.5 Å². The van der Waals surface area contributed by atoms with Crippen molar-refractivity contribution in [2.45, 2.75) is 6.29 Å². The van der Waals surface area contributed by atoms with Gasteiger partial charge in [-0.05, 0) is 30.3 Å². The number of hydrogen-bond donors (Lipinski definition) is 1. The molecule has 0 spiro atoms. The molecule has 1 unspecified atom stereocenters. The predicted molar refractivity (Wildman–Crippen MR) is 83.7 cm³/mol. The maximum atomic E-state index is 11.3. The van der Waals surface area contributed by atoms with Gasteiger partial charge in [-0.25, -0.2) is 14.8 Å². The van der Waals surface area contributed by atoms with Crippen LogP contribution in [-0.4, -0.2) is 27.3 Å². The molecule has 0 saturated heterocycles. The van der Waals surface area contributed by atoms with E-state index in [1.807, 2.05) is 0 Å². The van der Waals surface area contributed by atoms with E-state index in [9.17, 15) is 9.90 Å². The Bertz CT molecular complexity index is 842. The van der Waals surface area contributed by atoms with Crippen LogP contribution >= 0.6 is 11.6 Å². The summed E-state index contributed by atoms with van der Waals surface area (Å²) in [5.41, 5.74) is 1.12. The van der Waals surface area contributed by atoms with Crippen LogP contribution in [0, 0.1) is 0 Å². The number of fused-ring (bicyclic) bond motifs is 1. The van der Waals surface area contributed by atoms with Gasteiger partial charge in [0.25, 0.3) is 0 Å². The molecule has 3 rings (SSSR count). The Morgan fingerprint density at radius 3 is 2.61 bits per heavy atom. The van der Waals surface area contributed by atoms with Crippen molar-refractivity contribution < 1.29 is 19.4 Å². The van der Waals surface area contributed by atoms with Gasteiger partial charge in [0, 0.05) is 5.02 Å². The molecule has 0 radical (unpaired) electrons. The molecule has 7 heteroatoms. The highest BCUT2D eigenvalue weighted by Gasteiger charge is 2.22. The average molecular weight is 331 g/mol. The first-order chi connectivity index (χ1) is 11.1. The Kier molecular flexibility index (Phi) is 4.25. The van der Waals surface area contributed by atoms with Crippen LogP contribution in [-0.2, 0) is 4.79 Å². The van der Waals surface area contributed by atoms with Crippen LogP contribution in [0.4, 0.5) is 0 Å². The van der Waals surface area contributed by atoms with E-state index in [2.05, 4.69) is 9.97 Å². The molecule has 2 aromatic carbocycles.